The van der Waals surface area contributed by atoms with Gasteiger partial charge in [0.05, 0.1) is 12.5 Å². The van der Waals surface area contributed by atoms with Crippen molar-refractivity contribution in [3.05, 3.63) is 58.0 Å². The maximum atomic E-state index is 13.1. The van der Waals surface area contributed by atoms with E-state index in [1.165, 1.54) is 0 Å². The van der Waals surface area contributed by atoms with Crippen molar-refractivity contribution < 1.29 is 9.59 Å². The summed E-state index contributed by atoms with van der Waals surface area (Å²) in [6, 6.07) is 10.3. The monoisotopic (exact) mass is 394 g/mol. The Hall–Kier alpha value is -2.83. The molecule has 1 aromatic carbocycles. The molecule has 0 spiro atoms. The molecule has 5 rings (SSSR count). The van der Waals surface area contributed by atoms with Gasteiger partial charge in [-0.1, -0.05) is 36.8 Å². The fraction of sp³-hybridized carbons (Fsp3) is 0.500. The molecule has 3 fully saturated rings. The molecular formula is C22H26N4O3. The molecule has 2 aromatic rings. The van der Waals surface area contributed by atoms with Crippen molar-refractivity contribution in [2.24, 2.45) is 17.8 Å². The van der Waals surface area contributed by atoms with E-state index >= 15 is 0 Å². The molecular weight excluding hydrogens is 368 g/mol. The molecule has 3 atom stereocenters. The van der Waals surface area contributed by atoms with Crippen LogP contribution < -0.4 is 5.56 Å². The van der Waals surface area contributed by atoms with E-state index < -0.39 is 0 Å². The van der Waals surface area contributed by atoms with Crippen molar-refractivity contribution in [2.75, 3.05) is 19.6 Å². The molecule has 2 N–H and O–H groups in total. The number of amides is 2. The largest absolute Gasteiger partial charge is 0.342 e. The number of benzene rings is 1. The topological polar surface area (TPSA) is 89.3 Å². The van der Waals surface area contributed by atoms with Crippen LogP contribution in [0, 0.1) is 17.8 Å². The molecule has 2 saturated heterocycles. The van der Waals surface area contributed by atoms with Crippen LogP contribution in [-0.2, 0) is 16.0 Å². The molecule has 1 aliphatic carbocycles. The lowest BCUT2D eigenvalue weighted by atomic mass is 9.83. The number of aromatic amines is 2. The number of H-pyrrole nitrogens is 2. The average Bonchev–Trinajstić information content (AvgIpc) is 3.35. The molecule has 3 aliphatic rings. The summed E-state index contributed by atoms with van der Waals surface area (Å²) in [5.41, 5.74) is 1.38. The number of carbonyl (C=O) groups is 2. The highest BCUT2D eigenvalue weighted by Gasteiger charge is 2.51. The molecule has 0 unspecified atom stereocenters. The predicted molar refractivity (Wildman–Crippen MR) is 107 cm³/mol. The van der Waals surface area contributed by atoms with Gasteiger partial charge in [-0.15, -0.1) is 0 Å². The second kappa shape index (κ2) is 7.21. The fourth-order valence-electron chi connectivity index (χ4n) is 5.18. The molecule has 0 bridgehead atoms. The number of carbonyl (C=O) groups excluding carboxylic acids is 2. The van der Waals surface area contributed by atoms with Gasteiger partial charge in [-0.3, -0.25) is 19.5 Å². The third-order valence-corrected chi connectivity index (χ3v) is 6.96. The van der Waals surface area contributed by atoms with E-state index in [9.17, 15) is 14.4 Å². The highest BCUT2D eigenvalue weighted by molar-refractivity contribution is 5.81. The number of aromatic nitrogens is 2. The Morgan fingerprint density at radius 1 is 1.07 bits per heavy atom. The lowest BCUT2D eigenvalue weighted by molar-refractivity contribution is -0.140. The first-order valence-corrected chi connectivity index (χ1v) is 10.5. The van der Waals surface area contributed by atoms with Crippen LogP contribution in [0.15, 0.2) is 41.3 Å². The van der Waals surface area contributed by atoms with Gasteiger partial charge in [-0.25, -0.2) is 0 Å². The summed E-state index contributed by atoms with van der Waals surface area (Å²) in [4.78, 5) is 41.6. The molecule has 0 radical (unpaired) electrons. The van der Waals surface area contributed by atoms with Gasteiger partial charge >= 0.3 is 0 Å². The fourth-order valence-corrected chi connectivity index (χ4v) is 5.18. The number of rotatable bonds is 4. The van der Waals surface area contributed by atoms with Crippen molar-refractivity contribution in [1.29, 1.82) is 0 Å². The van der Waals surface area contributed by atoms with Crippen molar-refractivity contribution in [3.63, 3.8) is 0 Å². The highest BCUT2D eigenvalue weighted by Crippen LogP contribution is 2.46. The average molecular weight is 394 g/mol. The van der Waals surface area contributed by atoms with Crippen LogP contribution in [0.4, 0.5) is 0 Å². The summed E-state index contributed by atoms with van der Waals surface area (Å²) in [5, 5.41) is 5.13. The Labute approximate surface area is 169 Å². The lowest BCUT2D eigenvalue weighted by Crippen LogP contribution is -2.42. The first-order chi connectivity index (χ1) is 14.1. The van der Waals surface area contributed by atoms with Crippen LogP contribution in [0.25, 0.3) is 0 Å². The van der Waals surface area contributed by atoms with Crippen LogP contribution >= 0.6 is 0 Å². The van der Waals surface area contributed by atoms with Gasteiger partial charge in [0.15, 0.2) is 0 Å². The summed E-state index contributed by atoms with van der Waals surface area (Å²) >= 11 is 0. The first-order valence-electron chi connectivity index (χ1n) is 10.5. The normalized spacial score (nSPS) is 26.4. The number of nitrogens with zero attached hydrogens (tertiary/aromatic N) is 2. The zero-order chi connectivity index (χ0) is 20.0. The Morgan fingerprint density at radius 2 is 1.86 bits per heavy atom. The van der Waals surface area contributed by atoms with Crippen LogP contribution in [0.3, 0.4) is 0 Å². The van der Waals surface area contributed by atoms with Crippen molar-refractivity contribution in [2.45, 2.75) is 31.7 Å². The van der Waals surface area contributed by atoms with E-state index in [4.69, 9.17) is 0 Å². The Kier molecular flexibility index (Phi) is 4.53. The van der Waals surface area contributed by atoms with Gasteiger partial charge in [0, 0.05) is 49.1 Å². The number of likely N-dealkylation sites (tertiary alicyclic amines) is 2. The van der Waals surface area contributed by atoms with Crippen molar-refractivity contribution in [3.8, 4) is 0 Å². The van der Waals surface area contributed by atoms with Crippen LogP contribution in [-0.4, -0.2) is 51.4 Å². The highest BCUT2D eigenvalue weighted by atomic mass is 16.2. The van der Waals surface area contributed by atoms with E-state index in [1.54, 1.807) is 6.20 Å². The molecule has 2 amide bonds. The SMILES string of the molecule is O=C(Cc1c[nH][nH]c1=O)N1C[C@H]2CN(C(=O)C3CCC3)[C@H](c3ccccc3)[C@H]2C1. The molecule has 29 heavy (non-hydrogen) atoms. The zero-order valence-electron chi connectivity index (χ0n) is 16.3. The zero-order valence-corrected chi connectivity index (χ0v) is 16.3. The Balaban J connectivity index is 1.36. The van der Waals surface area contributed by atoms with Crippen molar-refractivity contribution in [1.82, 2.24) is 20.0 Å². The van der Waals surface area contributed by atoms with Gasteiger partial charge < -0.3 is 14.9 Å². The Morgan fingerprint density at radius 3 is 2.52 bits per heavy atom. The van der Waals surface area contributed by atoms with E-state index in [0.29, 0.717) is 25.2 Å². The molecule has 7 heteroatoms. The first kappa shape index (κ1) is 18.2. The minimum Gasteiger partial charge on any atom is -0.342 e. The summed E-state index contributed by atoms with van der Waals surface area (Å²) in [5.74, 6) is 0.982. The number of fused-ring (bicyclic) bond motifs is 1. The molecule has 3 heterocycles. The van der Waals surface area contributed by atoms with Crippen LogP contribution in [0.5, 0.6) is 0 Å². The maximum absolute atomic E-state index is 13.1. The summed E-state index contributed by atoms with van der Waals surface area (Å²) < 4.78 is 0. The summed E-state index contributed by atoms with van der Waals surface area (Å²) in [6.07, 6.45) is 4.82. The minimum absolute atomic E-state index is 0.0202. The van der Waals surface area contributed by atoms with E-state index in [1.807, 2.05) is 23.1 Å². The molecule has 1 aromatic heterocycles. The minimum atomic E-state index is -0.239. The van der Waals surface area contributed by atoms with Crippen LogP contribution in [0.2, 0.25) is 0 Å². The third kappa shape index (κ3) is 3.18. The van der Waals surface area contributed by atoms with Gasteiger partial charge in [-0.2, -0.15) is 0 Å². The molecule has 7 nitrogen and oxygen atoms in total. The third-order valence-electron chi connectivity index (χ3n) is 6.96. The summed E-state index contributed by atoms with van der Waals surface area (Å²) in [7, 11) is 0. The van der Waals surface area contributed by atoms with Crippen LogP contribution in [0.1, 0.15) is 36.4 Å². The summed E-state index contributed by atoms with van der Waals surface area (Å²) in [6.45, 7) is 2.01. The second-order valence-corrected chi connectivity index (χ2v) is 8.64. The van der Waals surface area contributed by atoms with Gasteiger partial charge in [-0.05, 0) is 18.4 Å². The van der Waals surface area contributed by atoms with Crippen molar-refractivity contribution >= 4 is 11.8 Å². The molecule has 2 aliphatic heterocycles. The quantitative estimate of drug-likeness (QED) is 0.827. The smallest absolute Gasteiger partial charge is 0.267 e. The number of hydrogen-bond donors (Lipinski definition) is 2. The van der Waals surface area contributed by atoms with E-state index in [2.05, 4.69) is 27.2 Å². The van der Waals surface area contributed by atoms with Gasteiger partial charge in [0.1, 0.15) is 0 Å². The standard InChI is InChI=1S/C22H26N4O3/c27-19(9-16-10-23-24-21(16)28)25-11-17-12-26(22(29)15-7-4-8-15)20(18(17)13-25)14-5-2-1-3-6-14/h1-3,5-6,10,15,17-18,20H,4,7-9,11-13H2,(H2,23,24,28)/t17-,18-,20+/m0/s1. The van der Waals surface area contributed by atoms with Gasteiger partial charge in [0.2, 0.25) is 11.8 Å². The predicted octanol–water partition coefficient (Wildman–Crippen LogP) is 1.70. The molecule has 152 valence electrons. The number of hydrogen-bond acceptors (Lipinski definition) is 3. The van der Waals surface area contributed by atoms with Gasteiger partial charge in [0.25, 0.3) is 5.56 Å². The maximum Gasteiger partial charge on any atom is 0.267 e. The van der Waals surface area contributed by atoms with E-state index in [0.717, 1.165) is 24.8 Å². The van der Waals surface area contributed by atoms with E-state index in [-0.39, 0.29) is 47.6 Å². The number of nitrogens with one attached hydrogen (secondary N) is 2. The Bertz CT molecular complexity index is 962. The second-order valence-electron chi connectivity index (χ2n) is 8.64. The molecule has 1 saturated carbocycles. The lowest BCUT2D eigenvalue weighted by Gasteiger charge is -2.35.